The molecule has 5 rings (SSSR count). The third-order valence-electron chi connectivity index (χ3n) is 6.88. The van der Waals surface area contributed by atoms with Gasteiger partial charge in [-0.15, -0.1) is 0 Å². The van der Waals surface area contributed by atoms with Crippen molar-refractivity contribution in [3.8, 4) is 0 Å². The summed E-state index contributed by atoms with van der Waals surface area (Å²) in [4.78, 5) is 31.6. The Labute approximate surface area is 183 Å². The normalized spacial score (nSPS) is 28.2. The molecule has 1 N–H and O–H groups in total. The Morgan fingerprint density at radius 1 is 1.38 bits per heavy atom. The fourth-order valence-electron chi connectivity index (χ4n) is 4.48. The molecular formula is C22H25F2N5O3. The summed E-state index contributed by atoms with van der Waals surface area (Å²) in [5.41, 5.74) is 1.96. The van der Waals surface area contributed by atoms with Gasteiger partial charge in [0.05, 0.1) is 23.8 Å². The van der Waals surface area contributed by atoms with Gasteiger partial charge in [-0.05, 0) is 31.4 Å². The number of halogens is 2. The van der Waals surface area contributed by atoms with Crippen molar-refractivity contribution in [2.24, 2.45) is 0 Å². The third kappa shape index (κ3) is 3.28. The van der Waals surface area contributed by atoms with E-state index in [9.17, 15) is 18.4 Å². The Balaban J connectivity index is 1.32. The minimum atomic E-state index is -2.72. The number of amides is 2. The first-order valence-corrected chi connectivity index (χ1v) is 10.8. The van der Waals surface area contributed by atoms with Crippen molar-refractivity contribution in [2.45, 2.75) is 69.7 Å². The summed E-state index contributed by atoms with van der Waals surface area (Å²) < 4.78 is 34.3. The lowest BCUT2D eigenvalue weighted by atomic mass is 9.92. The first-order valence-electron chi connectivity index (χ1n) is 10.8. The summed E-state index contributed by atoms with van der Waals surface area (Å²) in [7, 11) is 1.56. The summed E-state index contributed by atoms with van der Waals surface area (Å²) in [6.45, 7) is 4.79. The van der Waals surface area contributed by atoms with E-state index in [2.05, 4.69) is 15.4 Å². The van der Waals surface area contributed by atoms with Crippen LogP contribution in [0.5, 0.6) is 0 Å². The molecule has 0 saturated heterocycles. The predicted molar refractivity (Wildman–Crippen MR) is 110 cm³/mol. The van der Waals surface area contributed by atoms with Gasteiger partial charge in [-0.3, -0.25) is 19.5 Å². The monoisotopic (exact) mass is 445 g/mol. The summed E-state index contributed by atoms with van der Waals surface area (Å²) in [6.07, 6.45) is 2.49. The summed E-state index contributed by atoms with van der Waals surface area (Å²) >= 11 is 0. The number of hydrogen-bond donors (Lipinski definition) is 1. The Kier molecular flexibility index (Phi) is 4.63. The van der Waals surface area contributed by atoms with E-state index in [1.165, 1.54) is 4.90 Å². The van der Waals surface area contributed by atoms with Crippen molar-refractivity contribution in [3.05, 3.63) is 40.8 Å². The van der Waals surface area contributed by atoms with Gasteiger partial charge in [0.1, 0.15) is 17.6 Å². The third-order valence-corrected chi connectivity index (χ3v) is 6.88. The number of pyridine rings is 1. The standard InChI is InChI=1S/C22H25F2N5O3/c1-4-21(2)13-7-17(25-10-12(13)11-32-21)19(30)26-15-5-6-29-18(28(3)20(15)31)8-16(27-29)14-9-22(14,23)24/h7-8,10,14-15H,4-6,9,11H2,1-3H3,(H,26,30)/t14-,15-,21-/m1/s1. The molecule has 2 amide bonds. The fraction of sp³-hybridized carbons (Fsp3) is 0.545. The van der Waals surface area contributed by atoms with Gasteiger partial charge >= 0.3 is 0 Å². The molecule has 2 aromatic heterocycles. The Hall–Kier alpha value is -2.88. The first-order chi connectivity index (χ1) is 15.1. The summed E-state index contributed by atoms with van der Waals surface area (Å²) in [5.74, 6) is -3.92. The van der Waals surface area contributed by atoms with E-state index in [-0.39, 0.29) is 18.0 Å². The number of ether oxygens (including phenoxy) is 1. The van der Waals surface area contributed by atoms with E-state index in [0.717, 1.165) is 17.5 Å². The quantitative estimate of drug-likeness (QED) is 0.782. The SMILES string of the molecule is CC[C@@]1(C)OCc2cnc(C(=O)N[C@@H]3CCn4nc([C@H]5CC5(F)F)cc4N(C)C3=O)cc21. The van der Waals surface area contributed by atoms with Crippen LogP contribution in [0.3, 0.4) is 0 Å². The highest BCUT2D eigenvalue weighted by atomic mass is 19.3. The number of anilines is 1. The highest BCUT2D eigenvalue weighted by Gasteiger charge is 2.59. The number of alkyl halides is 2. The maximum absolute atomic E-state index is 13.4. The van der Waals surface area contributed by atoms with Crippen molar-refractivity contribution in [2.75, 3.05) is 11.9 Å². The lowest BCUT2D eigenvalue weighted by Crippen LogP contribution is -2.47. The minimum Gasteiger partial charge on any atom is -0.366 e. The smallest absolute Gasteiger partial charge is 0.270 e. The van der Waals surface area contributed by atoms with Crippen molar-refractivity contribution in [1.82, 2.24) is 20.1 Å². The number of aromatic nitrogens is 3. The molecule has 8 nitrogen and oxygen atoms in total. The van der Waals surface area contributed by atoms with Gasteiger partial charge in [0.2, 0.25) is 0 Å². The average Bonchev–Trinajstić information content (AvgIpc) is 3.12. The molecule has 4 heterocycles. The Bertz CT molecular complexity index is 1120. The van der Waals surface area contributed by atoms with Gasteiger partial charge in [0.25, 0.3) is 17.7 Å². The van der Waals surface area contributed by atoms with Crippen molar-refractivity contribution in [3.63, 3.8) is 0 Å². The van der Waals surface area contributed by atoms with Crippen LogP contribution in [-0.4, -0.2) is 45.6 Å². The van der Waals surface area contributed by atoms with Crippen LogP contribution < -0.4 is 10.2 Å². The average molecular weight is 445 g/mol. The number of aryl methyl sites for hydroxylation is 1. The molecule has 3 atom stereocenters. The van der Waals surface area contributed by atoms with Crippen LogP contribution in [0.1, 0.15) is 66.3 Å². The maximum atomic E-state index is 13.4. The molecule has 10 heteroatoms. The van der Waals surface area contributed by atoms with Gasteiger partial charge in [-0.2, -0.15) is 5.10 Å². The number of likely N-dealkylation sites (N-methyl/N-ethyl adjacent to an activating group) is 1. The molecule has 2 aliphatic heterocycles. The molecule has 2 aromatic rings. The van der Waals surface area contributed by atoms with E-state index in [1.54, 1.807) is 30.1 Å². The number of fused-ring (bicyclic) bond motifs is 2. The molecule has 0 bridgehead atoms. The predicted octanol–water partition coefficient (Wildman–Crippen LogP) is 2.72. The zero-order valence-corrected chi connectivity index (χ0v) is 18.2. The van der Waals surface area contributed by atoms with Crippen molar-refractivity contribution < 1.29 is 23.1 Å². The molecule has 32 heavy (non-hydrogen) atoms. The highest BCUT2D eigenvalue weighted by Crippen LogP contribution is 2.55. The Morgan fingerprint density at radius 3 is 2.81 bits per heavy atom. The van der Waals surface area contributed by atoms with Gasteiger partial charge in [0, 0.05) is 37.8 Å². The number of carbonyl (C=O) groups is 2. The topological polar surface area (TPSA) is 89.3 Å². The van der Waals surface area contributed by atoms with E-state index < -0.39 is 29.4 Å². The minimum absolute atomic E-state index is 0.213. The second-order valence-corrected chi connectivity index (χ2v) is 8.98. The number of nitrogens with zero attached hydrogens (tertiary/aromatic N) is 4. The molecular weight excluding hydrogens is 420 g/mol. The van der Waals surface area contributed by atoms with Crippen LogP contribution >= 0.6 is 0 Å². The van der Waals surface area contributed by atoms with Crippen LogP contribution in [0, 0.1) is 0 Å². The van der Waals surface area contributed by atoms with Gasteiger partial charge < -0.3 is 10.1 Å². The number of nitrogens with one attached hydrogen (secondary N) is 1. The summed E-state index contributed by atoms with van der Waals surface area (Å²) in [6, 6.07) is 2.50. The van der Waals surface area contributed by atoms with Crippen molar-refractivity contribution in [1.29, 1.82) is 0 Å². The van der Waals surface area contributed by atoms with E-state index in [0.29, 0.717) is 31.1 Å². The van der Waals surface area contributed by atoms with Crippen LogP contribution in [0.2, 0.25) is 0 Å². The molecule has 0 aromatic carbocycles. The van der Waals surface area contributed by atoms with Crippen LogP contribution in [0.25, 0.3) is 0 Å². The van der Waals surface area contributed by atoms with Crippen LogP contribution in [-0.2, 0) is 28.3 Å². The number of hydrogen-bond acceptors (Lipinski definition) is 5. The molecule has 3 aliphatic rings. The number of carbonyl (C=O) groups excluding carboxylic acids is 2. The molecule has 170 valence electrons. The van der Waals surface area contributed by atoms with E-state index in [4.69, 9.17) is 4.74 Å². The lowest BCUT2D eigenvalue weighted by molar-refractivity contribution is -0.120. The largest absolute Gasteiger partial charge is 0.366 e. The van der Waals surface area contributed by atoms with Gasteiger partial charge in [-0.25, -0.2) is 13.5 Å². The number of rotatable bonds is 4. The zero-order chi connectivity index (χ0) is 22.8. The fourth-order valence-corrected chi connectivity index (χ4v) is 4.48. The molecule has 0 radical (unpaired) electrons. The van der Waals surface area contributed by atoms with E-state index >= 15 is 0 Å². The van der Waals surface area contributed by atoms with Gasteiger partial charge in [-0.1, -0.05) is 6.92 Å². The first kappa shape index (κ1) is 21.0. The summed E-state index contributed by atoms with van der Waals surface area (Å²) in [5, 5.41) is 7.08. The zero-order valence-electron chi connectivity index (χ0n) is 18.2. The molecule has 1 fully saturated rings. The molecule has 0 unspecified atom stereocenters. The molecule has 1 aliphatic carbocycles. The Morgan fingerprint density at radius 2 is 2.12 bits per heavy atom. The second-order valence-electron chi connectivity index (χ2n) is 8.98. The molecule has 1 saturated carbocycles. The maximum Gasteiger partial charge on any atom is 0.270 e. The van der Waals surface area contributed by atoms with Crippen LogP contribution in [0.4, 0.5) is 14.6 Å². The highest BCUT2D eigenvalue weighted by molar-refractivity contribution is 6.01. The van der Waals surface area contributed by atoms with E-state index in [1.807, 2.05) is 13.8 Å². The lowest BCUT2D eigenvalue weighted by Gasteiger charge is -2.23. The van der Waals surface area contributed by atoms with Crippen molar-refractivity contribution >= 4 is 17.6 Å². The van der Waals surface area contributed by atoms with Gasteiger partial charge in [0.15, 0.2) is 0 Å². The second kappa shape index (κ2) is 7.06. The van der Waals surface area contributed by atoms with Crippen LogP contribution in [0.15, 0.2) is 18.3 Å². The molecule has 0 spiro atoms.